The highest BCUT2D eigenvalue weighted by Gasteiger charge is 2.38. The van der Waals surface area contributed by atoms with E-state index in [1.165, 1.54) is 12.1 Å². The van der Waals surface area contributed by atoms with Crippen molar-refractivity contribution >= 4 is 0 Å². The SMILES string of the molecule is CCOC(OCC)(OCC)C(C)CCCc1cc(F)cc(F)c1. The van der Waals surface area contributed by atoms with Gasteiger partial charge in [-0.25, -0.2) is 8.78 Å². The van der Waals surface area contributed by atoms with E-state index in [1.807, 2.05) is 27.7 Å². The van der Waals surface area contributed by atoms with Crippen LogP contribution in [0.5, 0.6) is 0 Å². The number of halogens is 2. The standard InChI is InChI=1S/C18H28F2O3/c1-5-21-18(22-6-2,23-7-3)14(4)9-8-10-15-11-16(19)13-17(20)12-15/h11-14H,5-10H2,1-4H3. The van der Waals surface area contributed by atoms with Crippen molar-refractivity contribution < 1.29 is 23.0 Å². The Hall–Kier alpha value is -1.04. The van der Waals surface area contributed by atoms with Gasteiger partial charge in [-0.1, -0.05) is 6.92 Å². The molecule has 0 N–H and O–H groups in total. The molecule has 1 rings (SSSR count). The zero-order valence-corrected chi connectivity index (χ0v) is 14.5. The first-order chi connectivity index (χ1) is 11.0. The molecule has 132 valence electrons. The fourth-order valence-electron chi connectivity index (χ4n) is 2.70. The second kappa shape index (κ2) is 9.96. The minimum absolute atomic E-state index is 0.000700. The maximum absolute atomic E-state index is 13.2. The van der Waals surface area contributed by atoms with Gasteiger partial charge in [-0.15, -0.1) is 0 Å². The summed E-state index contributed by atoms with van der Waals surface area (Å²) < 4.78 is 43.7. The lowest BCUT2D eigenvalue weighted by atomic mass is 9.98. The molecule has 0 spiro atoms. The van der Waals surface area contributed by atoms with Crippen LogP contribution in [0.4, 0.5) is 8.78 Å². The molecular formula is C18H28F2O3. The first kappa shape index (κ1) is 20.0. The third-order valence-corrected chi connectivity index (χ3v) is 3.67. The van der Waals surface area contributed by atoms with Crippen molar-refractivity contribution in [1.82, 2.24) is 0 Å². The zero-order valence-electron chi connectivity index (χ0n) is 14.5. The molecule has 23 heavy (non-hydrogen) atoms. The summed E-state index contributed by atoms with van der Waals surface area (Å²) in [7, 11) is 0. The van der Waals surface area contributed by atoms with Gasteiger partial charge in [-0.3, -0.25) is 0 Å². The van der Waals surface area contributed by atoms with E-state index < -0.39 is 17.6 Å². The third kappa shape index (κ3) is 6.16. The van der Waals surface area contributed by atoms with Gasteiger partial charge in [0, 0.05) is 31.8 Å². The van der Waals surface area contributed by atoms with E-state index in [2.05, 4.69) is 0 Å². The first-order valence-electron chi connectivity index (χ1n) is 8.34. The van der Waals surface area contributed by atoms with Crippen molar-refractivity contribution in [3.05, 3.63) is 35.4 Å². The largest absolute Gasteiger partial charge is 0.328 e. The molecule has 0 aromatic heterocycles. The molecule has 3 nitrogen and oxygen atoms in total. The average molecular weight is 330 g/mol. The maximum Gasteiger partial charge on any atom is 0.285 e. The van der Waals surface area contributed by atoms with Crippen molar-refractivity contribution in [1.29, 1.82) is 0 Å². The van der Waals surface area contributed by atoms with E-state index in [9.17, 15) is 8.78 Å². The van der Waals surface area contributed by atoms with Gasteiger partial charge in [-0.05, 0) is 57.7 Å². The summed E-state index contributed by atoms with van der Waals surface area (Å²) in [6, 6.07) is 3.62. The summed E-state index contributed by atoms with van der Waals surface area (Å²) >= 11 is 0. The molecule has 1 aromatic carbocycles. The minimum atomic E-state index is -1.05. The van der Waals surface area contributed by atoms with Crippen LogP contribution in [0.15, 0.2) is 18.2 Å². The predicted octanol–water partition coefficient (Wildman–Crippen LogP) is 4.69. The molecule has 0 aliphatic carbocycles. The van der Waals surface area contributed by atoms with Crippen molar-refractivity contribution in [2.24, 2.45) is 5.92 Å². The lowest BCUT2D eigenvalue weighted by Crippen LogP contribution is -2.45. The molecule has 5 heteroatoms. The van der Waals surface area contributed by atoms with Crippen LogP contribution in [0.1, 0.15) is 46.1 Å². The monoisotopic (exact) mass is 330 g/mol. The Kier molecular flexibility index (Phi) is 8.66. The highest BCUT2D eigenvalue weighted by atomic mass is 19.1. The highest BCUT2D eigenvalue weighted by molar-refractivity contribution is 5.17. The van der Waals surface area contributed by atoms with Gasteiger partial charge >= 0.3 is 0 Å². The summed E-state index contributed by atoms with van der Waals surface area (Å²) in [6.45, 7) is 9.16. The van der Waals surface area contributed by atoms with Gasteiger partial charge in [0.25, 0.3) is 5.97 Å². The number of aryl methyl sites for hydroxylation is 1. The van der Waals surface area contributed by atoms with Gasteiger partial charge in [0.1, 0.15) is 11.6 Å². The molecule has 1 atom stereocenters. The van der Waals surface area contributed by atoms with Crippen LogP contribution in [-0.2, 0) is 20.6 Å². The molecule has 0 saturated heterocycles. The Morgan fingerprint density at radius 3 is 1.83 bits per heavy atom. The summed E-state index contributed by atoms with van der Waals surface area (Å²) in [6.07, 6.45) is 2.12. The fourth-order valence-corrected chi connectivity index (χ4v) is 2.70. The minimum Gasteiger partial charge on any atom is -0.328 e. The van der Waals surface area contributed by atoms with E-state index in [4.69, 9.17) is 14.2 Å². The summed E-state index contributed by atoms with van der Waals surface area (Å²) in [5.41, 5.74) is 0.657. The van der Waals surface area contributed by atoms with E-state index in [-0.39, 0.29) is 5.92 Å². The Morgan fingerprint density at radius 1 is 0.913 bits per heavy atom. The predicted molar refractivity (Wildman–Crippen MR) is 86.1 cm³/mol. The van der Waals surface area contributed by atoms with Crippen molar-refractivity contribution in [2.45, 2.75) is 52.9 Å². The van der Waals surface area contributed by atoms with E-state index in [1.54, 1.807) is 0 Å². The van der Waals surface area contributed by atoms with Crippen LogP contribution in [0, 0.1) is 17.6 Å². The molecular weight excluding hydrogens is 302 g/mol. The number of hydrogen-bond acceptors (Lipinski definition) is 3. The summed E-state index contributed by atoms with van der Waals surface area (Å²) in [4.78, 5) is 0. The Labute approximate surface area is 137 Å². The number of hydrogen-bond donors (Lipinski definition) is 0. The van der Waals surface area contributed by atoms with Crippen LogP contribution in [0.3, 0.4) is 0 Å². The van der Waals surface area contributed by atoms with Gasteiger partial charge in [0.15, 0.2) is 0 Å². The van der Waals surface area contributed by atoms with Gasteiger partial charge in [0.05, 0.1) is 0 Å². The first-order valence-corrected chi connectivity index (χ1v) is 8.34. The molecule has 0 heterocycles. The third-order valence-electron chi connectivity index (χ3n) is 3.67. The normalized spacial score (nSPS) is 13.3. The van der Waals surface area contributed by atoms with E-state index in [0.29, 0.717) is 31.8 Å². The zero-order chi connectivity index (χ0) is 17.3. The van der Waals surface area contributed by atoms with Crippen LogP contribution >= 0.6 is 0 Å². The molecule has 1 unspecified atom stereocenters. The summed E-state index contributed by atoms with van der Waals surface area (Å²) in [5, 5.41) is 0. The van der Waals surface area contributed by atoms with Crippen molar-refractivity contribution in [3.63, 3.8) is 0 Å². The van der Waals surface area contributed by atoms with Gasteiger partial charge < -0.3 is 14.2 Å². The molecule has 0 amide bonds. The van der Waals surface area contributed by atoms with Crippen molar-refractivity contribution in [2.75, 3.05) is 19.8 Å². The van der Waals surface area contributed by atoms with Gasteiger partial charge in [-0.2, -0.15) is 0 Å². The van der Waals surface area contributed by atoms with E-state index in [0.717, 1.165) is 18.9 Å². The molecule has 0 saturated carbocycles. The second-order valence-electron chi connectivity index (χ2n) is 5.47. The molecule has 0 bridgehead atoms. The Balaban J connectivity index is 2.65. The van der Waals surface area contributed by atoms with Gasteiger partial charge in [0.2, 0.25) is 0 Å². The molecule has 0 fully saturated rings. The number of ether oxygens (including phenoxy) is 3. The number of rotatable bonds is 11. The average Bonchev–Trinajstić information content (AvgIpc) is 2.46. The molecule has 0 aliphatic heterocycles. The molecule has 0 radical (unpaired) electrons. The van der Waals surface area contributed by atoms with E-state index >= 15 is 0 Å². The Morgan fingerprint density at radius 2 is 1.39 bits per heavy atom. The van der Waals surface area contributed by atoms with Crippen LogP contribution in [0.25, 0.3) is 0 Å². The smallest absolute Gasteiger partial charge is 0.285 e. The quantitative estimate of drug-likeness (QED) is 0.551. The lowest BCUT2D eigenvalue weighted by Gasteiger charge is -2.37. The van der Waals surface area contributed by atoms with Crippen molar-refractivity contribution in [3.8, 4) is 0 Å². The van der Waals surface area contributed by atoms with Crippen LogP contribution in [-0.4, -0.2) is 25.8 Å². The number of benzene rings is 1. The topological polar surface area (TPSA) is 27.7 Å². The lowest BCUT2D eigenvalue weighted by molar-refractivity contribution is -0.400. The molecule has 0 aliphatic rings. The maximum atomic E-state index is 13.2. The fraction of sp³-hybridized carbons (Fsp3) is 0.667. The van der Waals surface area contributed by atoms with Crippen LogP contribution in [0.2, 0.25) is 0 Å². The van der Waals surface area contributed by atoms with Crippen LogP contribution < -0.4 is 0 Å². The second-order valence-corrected chi connectivity index (χ2v) is 5.47. The highest BCUT2D eigenvalue weighted by Crippen LogP contribution is 2.30. The summed E-state index contributed by atoms with van der Waals surface area (Å²) in [5.74, 6) is -2.13. The Bertz CT molecular complexity index is 428. The molecule has 1 aromatic rings.